The number of methoxy groups -OCH3 is 1. The van der Waals surface area contributed by atoms with Crippen molar-refractivity contribution in [3.63, 3.8) is 0 Å². The summed E-state index contributed by atoms with van der Waals surface area (Å²) in [5.74, 6) is 0.182. The monoisotopic (exact) mass is 385 g/mol. The van der Waals surface area contributed by atoms with Crippen molar-refractivity contribution < 1.29 is 4.74 Å². The van der Waals surface area contributed by atoms with Crippen LogP contribution in [0.3, 0.4) is 0 Å². The molecule has 0 saturated carbocycles. The number of hydrogen-bond donors (Lipinski definition) is 1. The first-order valence-electron chi connectivity index (χ1n) is 7.92. The van der Waals surface area contributed by atoms with Crippen LogP contribution >= 0.6 is 11.6 Å². The molecule has 0 bridgehead atoms. The van der Waals surface area contributed by atoms with E-state index in [9.17, 15) is 14.9 Å². The second-order valence-corrected chi connectivity index (χ2v) is 6.32. The lowest BCUT2D eigenvalue weighted by Crippen LogP contribution is -2.37. The lowest BCUT2D eigenvalue weighted by molar-refractivity contribution is 0.394. The van der Waals surface area contributed by atoms with Crippen molar-refractivity contribution in [2.75, 3.05) is 7.11 Å². The van der Waals surface area contributed by atoms with Gasteiger partial charge in [-0.1, -0.05) is 17.7 Å². The number of aryl methyl sites for hydroxylation is 1. The zero-order valence-electron chi connectivity index (χ0n) is 14.9. The van der Waals surface area contributed by atoms with E-state index >= 15 is 0 Å². The van der Waals surface area contributed by atoms with Gasteiger partial charge in [-0.3, -0.25) is 13.9 Å². The number of fused-ring (bicyclic) bond motifs is 1. The molecule has 2 heterocycles. The van der Waals surface area contributed by atoms with E-state index in [4.69, 9.17) is 22.1 Å². The molecule has 0 fully saturated rings. The molecule has 0 unspecified atom stereocenters. The molecule has 0 atom stereocenters. The number of nitriles is 1. The Morgan fingerprint density at radius 1 is 1.30 bits per heavy atom. The van der Waals surface area contributed by atoms with Crippen LogP contribution in [0, 0.1) is 11.3 Å². The fourth-order valence-electron chi connectivity index (χ4n) is 3.09. The number of pyridine rings is 1. The molecule has 0 spiro atoms. The Balaban J connectivity index is 2.68. The molecule has 0 amide bonds. The Bertz CT molecular complexity index is 1240. The SMILES string of the molecule is COc1nc2c(c(-c3ccc(Cl)cc3C#N)c1CN)c(=O)n(C)c(=O)n2C. The van der Waals surface area contributed by atoms with Crippen LogP contribution in [0.1, 0.15) is 11.1 Å². The Kier molecular flexibility index (Phi) is 4.74. The normalized spacial score (nSPS) is 10.8. The number of aromatic nitrogens is 3. The number of benzene rings is 1. The summed E-state index contributed by atoms with van der Waals surface area (Å²) < 4.78 is 7.59. The summed E-state index contributed by atoms with van der Waals surface area (Å²) in [4.78, 5) is 29.6. The highest BCUT2D eigenvalue weighted by Gasteiger charge is 2.23. The topological polar surface area (TPSA) is 116 Å². The van der Waals surface area contributed by atoms with Gasteiger partial charge in [-0.25, -0.2) is 4.79 Å². The van der Waals surface area contributed by atoms with E-state index in [0.29, 0.717) is 21.7 Å². The molecule has 1 aromatic carbocycles. The van der Waals surface area contributed by atoms with Crippen molar-refractivity contribution in [2.45, 2.75) is 6.54 Å². The molecule has 0 aliphatic heterocycles. The van der Waals surface area contributed by atoms with Crippen LogP contribution in [0.4, 0.5) is 0 Å². The molecular weight excluding hydrogens is 370 g/mol. The minimum absolute atomic E-state index is 0.0148. The van der Waals surface area contributed by atoms with Crippen molar-refractivity contribution in [2.24, 2.45) is 19.8 Å². The Hall–Kier alpha value is -3.15. The summed E-state index contributed by atoms with van der Waals surface area (Å²) in [5, 5.41) is 10.1. The second-order valence-electron chi connectivity index (χ2n) is 5.88. The van der Waals surface area contributed by atoms with Crippen LogP contribution in [-0.4, -0.2) is 21.2 Å². The molecule has 9 heteroatoms. The third-order valence-electron chi connectivity index (χ3n) is 4.42. The maximum absolute atomic E-state index is 12.9. The van der Waals surface area contributed by atoms with Gasteiger partial charge in [0.25, 0.3) is 5.56 Å². The highest BCUT2D eigenvalue weighted by atomic mass is 35.5. The first kappa shape index (κ1) is 18.6. The first-order chi connectivity index (χ1) is 12.8. The van der Waals surface area contributed by atoms with Gasteiger partial charge in [0.05, 0.1) is 24.1 Å². The second kappa shape index (κ2) is 6.87. The van der Waals surface area contributed by atoms with Gasteiger partial charge in [0.2, 0.25) is 5.88 Å². The number of hydrogen-bond acceptors (Lipinski definition) is 6. The number of rotatable bonds is 3. The summed E-state index contributed by atoms with van der Waals surface area (Å²) in [6.45, 7) is 0.0148. The predicted octanol–water partition coefficient (Wildman–Crippen LogP) is 1.29. The third kappa shape index (κ3) is 2.77. The first-order valence-corrected chi connectivity index (χ1v) is 8.30. The number of halogens is 1. The van der Waals surface area contributed by atoms with Crippen LogP contribution in [0.15, 0.2) is 27.8 Å². The van der Waals surface area contributed by atoms with Crippen LogP contribution in [0.2, 0.25) is 5.02 Å². The molecule has 0 aliphatic rings. The Morgan fingerprint density at radius 3 is 2.59 bits per heavy atom. The average Bonchev–Trinajstić information content (AvgIpc) is 2.68. The van der Waals surface area contributed by atoms with E-state index in [1.165, 1.54) is 31.8 Å². The molecule has 3 aromatic rings. The van der Waals surface area contributed by atoms with Gasteiger partial charge >= 0.3 is 5.69 Å². The minimum Gasteiger partial charge on any atom is -0.481 e. The molecule has 2 aromatic heterocycles. The van der Waals surface area contributed by atoms with Crippen LogP contribution < -0.4 is 21.7 Å². The van der Waals surface area contributed by atoms with Crippen molar-refractivity contribution in [1.29, 1.82) is 5.26 Å². The van der Waals surface area contributed by atoms with Crippen molar-refractivity contribution in [3.05, 3.63) is 55.2 Å². The summed E-state index contributed by atoms with van der Waals surface area (Å²) in [6, 6.07) is 6.84. The maximum Gasteiger partial charge on any atom is 0.332 e. The van der Waals surface area contributed by atoms with Crippen molar-refractivity contribution in [1.82, 2.24) is 14.1 Å². The summed E-state index contributed by atoms with van der Waals surface area (Å²) in [6.07, 6.45) is 0. The van der Waals surface area contributed by atoms with Gasteiger partial charge in [-0.2, -0.15) is 10.2 Å². The van der Waals surface area contributed by atoms with E-state index < -0.39 is 11.2 Å². The van der Waals surface area contributed by atoms with E-state index in [-0.39, 0.29) is 29.0 Å². The Morgan fingerprint density at radius 2 is 2.00 bits per heavy atom. The smallest absolute Gasteiger partial charge is 0.332 e. The lowest BCUT2D eigenvalue weighted by Gasteiger charge is -2.17. The number of ether oxygens (including phenoxy) is 1. The molecule has 0 radical (unpaired) electrons. The fraction of sp³-hybridized carbons (Fsp3) is 0.222. The van der Waals surface area contributed by atoms with Crippen LogP contribution in [0.25, 0.3) is 22.2 Å². The Labute approximate surface area is 159 Å². The standard InChI is InChI=1S/C18H16ClN5O3/c1-23-15-14(17(25)24(2)18(23)26)13(12(8-21)16(22-15)27-3)11-5-4-10(19)6-9(11)7-20/h4-6H,8,21H2,1-3H3. The number of nitrogens with two attached hydrogens (primary N) is 1. The molecule has 8 nitrogen and oxygen atoms in total. The molecule has 3 rings (SSSR count). The predicted molar refractivity (Wildman–Crippen MR) is 102 cm³/mol. The third-order valence-corrected chi connectivity index (χ3v) is 4.66. The molecule has 138 valence electrons. The molecule has 2 N–H and O–H groups in total. The van der Waals surface area contributed by atoms with Gasteiger partial charge in [-0.15, -0.1) is 0 Å². The largest absolute Gasteiger partial charge is 0.481 e. The average molecular weight is 386 g/mol. The zero-order valence-corrected chi connectivity index (χ0v) is 15.7. The zero-order chi connectivity index (χ0) is 19.9. The van der Waals surface area contributed by atoms with E-state index in [1.54, 1.807) is 12.1 Å². The van der Waals surface area contributed by atoms with E-state index in [1.807, 2.05) is 0 Å². The summed E-state index contributed by atoms with van der Waals surface area (Å²) >= 11 is 6.01. The van der Waals surface area contributed by atoms with Crippen molar-refractivity contribution >= 4 is 22.6 Å². The van der Waals surface area contributed by atoms with E-state index in [0.717, 1.165) is 4.57 Å². The minimum atomic E-state index is -0.535. The summed E-state index contributed by atoms with van der Waals surface area (Å²) in [5.41, 5.74) is 6.60. The van der Waals surface area contributed by atoms with Crippen LogP contribution in [0.5, 0.6) is 5.88 Å². The summed E-state index contributed by atoms with van der Waals surface area (Å²) in [7, 11) is 4.31. The van der Waals surface area contributed by atoms with Gasteiger partial charge in [0.1, 0.15) is 0 Å². The highest BCUT2D eigenvalue weighted by molar-refractivity contribution is 6.30. The van der Waals surface area contributed by atoms with Crippen LogP contribution in [-0.2, 0) is 20.6 Å². The molecular formula is C18H16ClN5O3. The van der Waals surface area contributed by atoms with Gasteiger partial charge in [0.15, 0.2) is 5.65 Å². The quantitative estimate of drug-likeness (QED) is 0.726. The van der Waals surface area contributed by atoms with Crippen molar-refractivity contribution in [3.8, 4) is 23.1 Å². The van der Waals surface area contributed by atoms with Gasteiger partial charge in [0, 0.05) is 42.4 Å². The number of nitrogens with zero attached hydrogens (tertiary/aromatic N) is 4. The van der Waals surface area contributed by atoms with Gasteiger partial charge < -0.3 is 10.5 Å². The van der Waals surface area contributed by atoms with E-state index in [2.05, 4.69) is 11.1 Å². The highest BCUT2D eigenvalue weighted by Crippen LogP contribution is 2.36. The molecule has 0 saturated heterocycles. The molecule has 0 aliphatic carbocycles. The maximum atomic E-state index is 12.9. The fourth-order valence-corrected chi connectivity index (χ4v) is 3.26. The van der Waals surface area contributed by atoms with Gasteiger partial charge in [-0.05, 0) is 12.1 Å². The molecule has 27 heavy (non-hydrogen) atoms. The lowest BCUT2D eigenvalue weighted by atomic mass is 9.94.